The smallest absolute Gasteiger partial charge is 0.299 e. The maximum absolute atomic E-state index is 13.4. The molecule has 0 saturated carbocycles. The third-order valence-electron chi connectivity index (χ3n) is 6.10. The van der Waals surface area contributed by atoms with Gasteiger partial charge in [-0.25, -0.2) is 13.7 Å². The highest BCUT2D eigenvalue weighted by atomic mass is 19.1. The van der Waals surface area contributed by atoms with Gasteiger partial charge in [0.2, 0.25) is 5.91 Å². The van der Waals surface area contributed by atoms with Gasteiger partial charge in [0.25, 0.3) is 0 Å². The highest BCUT2D eigenvalue weighted by molar-refractivity contribution is 6.07. The van der Waals surface area contributed by atoms with E-state index >= 15 is 0 Å². The van der Waals surface area contributed by atoms with Crippen molar-refractivity contribution in [3.05, 3.63) is 65.7 Å². The van der Waals surface area contributed by atoms with Gasteiger partial charge in [-0.15, -0.1) is 0 Å². The van der Waals surface area contributed by atoms with Gasteiger partial charge in [0.05, 0.1) is 17.4 Å². The summed E-state index contributed by atoms with van der Waals surface area (Å²) in [4.78, 5) is 27.6. The second kappa shape index (κ2) is 8.11. The van der Waals surface area contributed by atoms with Crippen molar-refractivity contribution in [2.45, 2.75) is 25.8 Å². The summed E-state index contributed by atoms with van der Waals surface area (Å²) in [6, 6.07) is 10.6. The highest BCUT2D eigenvalue weighted by Crippen LogP contribution is 2.27. The predicted octanol–water partition coefficient (Wildman–Crippen LogP) is 2.98. The molecule has 2 aliphatic rings. The van der Waals surface area contributed by atoms with E-state index in [1.807, 2.05) is 12.3 Å². The minimum atomic E-state index is -0.402. The third kappa shape index (κ3) is 4.16. The van der Waals surface area contributed by atoms with Gasteiger partial charge in [-0.1, -0.05) is 12.1 Å². The summed E-state index contributed by atoms with van der Waals surface area (Å²) in [5.41, 5.74) is 3.77. The Kier molecular flexibility index (Phi) is 5.15. The minimum absolute atomic E-state index is 0.190. The molecule has 2 aromatic heterocycles. The second-order valence-corrected chi connectivity index (χ2v) is 8.37. The van der Waals surface area contributed by atoms with Crippen molar-refractivity contribution in [3.63, 3.8) is 0 Å². The number of likely N-dealkylation sites (tertiary alicyclic amines) is 1. The number of halogens is 1. The molecule has 3 aromatic rings. The lowest BCUT2D eigenvalue weighted by molar-refractivity contribution is -0.120. The molecular formula is C23H24FN5O2. The molecule has 8 heteroatoms. The Balaban J connectivity index is 1.28. The first-order valence-corrected chi connectivity index (χ1v) is 10.6. The Labute approximate surface area is 179 Å². The summed E-state index contributed by atoms with van der Waals surface area (Å²) >= 11 is 0. The number of carbonyl (C=O) groups is 2. The van der Waals surface area contributed by atoms with Crippen LogP contribution in [0.5, 0.6) is 0 Å². The van der Waals surface area contributed by atoms with E-state index < -0.39 is 6.03 Å². The molecule has 2 aliphatic heterocycles. The number of benzene rings is 1. The lowest BCUT2D eigenvalue weighted by Crippen LogP contribution is -2.49. The normalized spacial score (nSPS) is 19.9. The van der Waals surface area contributed by atoms with E-state index in [1.165, 1.54) is 11.6 Å². The van der Waals surface area contributed by atoms with Crippen LogP contribution in [0.1, 0.15) is 24.0 Å². The number of hydrogen-bond acceptors (Lipinski definition) is 4. The van der Waals surface area contributed by atoms with Crippen molar-refractivity contribution in [3.8, 4) is 0 Å². The number of imide groups is 1. The van der Waals surface area contributed by atoms with Crippen LogP contribution in [0.15, 0.2) is 48.8 Å². The number of fused-ring (bicyclic) bond motifs is 1. The number of pyridine rings is 1. The van der Waals surface area contributed by atoms with Crippen LogP contribution in [-0.2, 0) is 17.8 Å². The largest absolute Gasteiger partial charge is 0.328 e. The van der Waals surface area contributed by atoms with Crippen molar-refractivity contribution in [2.75, 3.05) is 24.5 Å². The van der Waals surface area contributed by atoms with Crippen LogP contribution >= 0.6 is 0 Å². The molecular weight excluding hydrogens is 397 g/mol. The second-order valence-electron chi connectivity index (χ2n) is 8.37. The standard InChI is InChI=1S/C23H24FN5O2/c24-19-3-1-2-17(11-19)14-27-7-4-18(15-27)10-16-5-9-29-20(12-16)21(13-25-29)28-8-6-22(30)26-23(28)31/h1-3,5,9,11-13,18H,4,6-8,10,14-15H2,(H,26,30,31). The van der Waals surface area contributed by atoms with E-state index in [4.69, 9.17) is 0 Å². The van der Waals surface area contributed by atoms with Crippen LogP contribution in [0, 0.1) is 11.7 Å². The number of aromatic nitrogens is 2. The van der Waals surface area contributed by atoms with Crippen LogP contribution < -0.4 is 10.2 Å². The van der Waals surface area contributed by atoms with Gasteiger partial charge in [0, 0.05) is 32.3 Å². The van der Waals surface area contributed by atoms with Crippen LogP contribution in [0.3, 0.4) is 0 Å². The summed E-state index contributed by atoms with van der Waals surface area (Å²) < 4.78 is 15.2. The van der Waals surface area contributed by atoms with Gasteiger partial charge in [-0.05, 0) is 60.7 Å². The zero-order chi connectivity index (χ0) is 21.4. The molecule has 2 fully saturated rings. The van der Waals surface area contributed by atoms with Gasteiger partial charge >= 0.3 is 6.03 Å². The SMILES string of the molecule is O=C1CCN(c2cnn3ccc(CC4CCN(Cc5cccc(F)c5)C4)cc23)C(=O)N1. The number of urea groups is 1. The molecule has 0 spiro atoms. The molecule has 1 aromatic carbocycles. The molecule has 1 atom stereocenters. The Morgan fingerprint density at radius 2 is 2.03 bits per heavy atom. The van der Waals surface area contributed by atoms with Gasteiger partial charge in [0.15, 0.2) is 0 Å². The molecule has 1 unspecified atom stereocenters. The molecule has 4 heterocycles. The Hall–Kier alpha value is -3.26. The molecule has 0 aliphatic carbocycles. The topological polar surface area (TPSA) is 70.0 Å². The molecule has 7 nitrogen and oxygen atoms in total. The van der Waals surface area contributed by atoms with E-state index in [1.54, 1.807) is 27.7 Å². The van der Waals surface area contributed by atoms with E-state index in [2.05, 4.69) is 27.4 Å². The Morgan fingerprint density at radius 1 is 1.13 bits per heavy atom. The molecule has 0 bridgehead atoms. The Bertz CT molecular complexity index is 1140. The van der Waals surface area contributed by atoms with Crippen molar-refractivity contribution in [2.24, 2.45) is 5.92 Å². The lowest BCUT2D eigenvalue weighted by Gasteiger charge is -2.25. The van der Waals surface area contributed by atoms with Gasteiger partial charge < -0.3 is 0 Å². The van der Waals surface area contributed by atoms with E-state index in [0.717, 1.165) is 43.6 Å². The molecule has 3 amide bonds. The first-order chi connectivity index (χ1) is 15.0. The first-order valence-electron chi connectivity index (χ1n) is 10.6. The van der Waals surface area contributed by atoms with Gasteiger partial charge in [-0.3, -0.25) is 19.9 Å². The molecule has 2 saturated heterocycles. The van der Waals surface area contributed by atoms with E-state index in [0.29, 0.717) is 18.2 Å². The molecule has 160 valence electrons. The fraction of sp³-hybridized carbons (Fsp3) is 0.348. The van der Waals surface area contributed by atoms with E-state index in [-0.39, 0.29) is 18.1 Å². The monoisotopic (exact) mass is 421 g/mol. The van der Waals surface area contributed by atoms with Crippen LogP contribution in [0.2, 0.25) is 0 Å². The minimum Gasteiger partial charge on any atom is -0.299 e. The summed E-state index contributed by atoms with van der Waals surface area (Å²) in [7, 11) is 0. The predicted molar refractivity (Wildman–Crippen MR) is 114 cm³/mol. The number of amides is 3. The molecule has 5 rings (SSSR count). The van der Waals surface area contributed by atoms with E-state index in [9.17, 15) is 14.0 Å². The summed E-state index contributed by atoms with van der Waals surface area (Å²) in [6.45, 7) is 3.10. The maximum Gasteiger partial charge on any atom is 0.328 e. The first kappa shape index (κ1) is 19.7. The van der Waals surface area contributed by atoms with Gasteiger partial charge in [0.1, 0.15) is 5.82 Å². The average molecular weight is 421 g/mol. The van der Waals surface area contributed by atoms with Crippen molar-refractivity contribution < 1.29 is 14.0 Å². The van der Waals surface area contributed by atoms with Gasteiger partial charge in [-0.2, -0.15) is 5.10 Å². The quantitative estimate of drug-likeness (QED) is 0.688. The number of anilines is 1. The van der Waals surface area contributed by atoms with Crippen molar-refractivity contribution in [1.82, 2.24) is 19.8 Å². The number of nitrogens with zero attached hydrogens (tertiary/aromatic N) is 4. The Morgan fingerprint density at radius 3 is 2.87 bits per heavy atom. The highest BCUT2D eigenvalue weighted by Gasteiger charge is 2.27. The van der Waals surface area contributed by atoms with Crippen molar-refractivity contribution in [1.29, 1.82) is 0 Å². The fourth-order valence-electron chi connectivity index (χ4n) is 4.59. The number of carbonyl (C=O) groups excluding carboxylic acids is 2. The molecule has 0 radical (unpaired) electrons. The van der Waals surface area contributed by atoms with Crippen molar-refractivity contribution >= 4 is 23.1 Å². The summed E-state index contributed by atoms with van der Waals surface area (Å²) in [5.74, 6) is 0.0886. The average Bonchev–Trinajstić information content (AvgIpc) is 3.35. The van der Waals surface area contributed by atoms with Crippen LogP contribution in [-0.4, -0.2) is 46.1 Å². The number of nitrogens with one attached hydrogen (secondary N) is 1. The summed E-state index contributed by atoms with van der Waals surface area (Å²) in [6.07, 6.45) is 5.91. The number of rotatable bonds is 5. The molecule has 31 heavy (non-hydrogen) atoms. The zero-order valence-electron chi connectivity index (χ0n) is 17.1. The molecule has 1 N–H and O–H groups in total. The zero-order valence-corrected chi connectivity index (χ0v) is 17.1. The van der Waals surface area contributed by atoms with Crippen LogP contribution in [0.4, 0.5) is 14.9 Å². The van der Waals surface area contributed by atoms with Crippen LogP contribution in [0.25, 0.3) is 5.52 Å². The lowest BCUT2D eigenvalue weighted by atomic mass is 9.99. The third-order valence-corrected chi connectivity index (χ3v) is 6.10. The number of hydrogen-bond donors (Lipinski definition) is 1. The summed E-state index contributed by atoms with van der Waals surface area (Å²) in [5, 5.41) is 6.72. The fourth-order valence-corrected chi connectivity index (χ4v) is 4.59. The maximum atomic E-state index is 13.4.